The maximum absolute atomic E-state index is 12.0. The van der Waals surface area contributed by atoms with Gasteiger partial charge in [0.2, 0.25) is 5.88 Å². The molecule has 0 spiro atoms. The molecule has 0 aromatic carbocycles. The summed E-state index contributed by atoms with van der Waals surface area (Å²) in [6.45, 7) is 2.08. The Labute approximate surface area is 120 Å². The van der Waals surface area contributed by atoms with Crippen LogP contribution in [0, 0.1) is 0 Å². The van der Waals surface area contributed by atoms with Gasteiger partial charge in [-0.25, -0.2) is 4.79 Å². The highest BCUT2D eigenvalue weighted by molar-refractivity contribution is 5.40. The molecule has 3 rings (SSSR count). The van der Waals surface area contributed by atoms with Crippen molar-refractivity contribution in [2.45, 2.75) is 20.0 Å². The Morgan fingerprint density at radius 3 is 3.00 bits per heavy atom. The molecule has 0 aliphatic rings. The normalized spacial score (nSPS) is 11.6. The van der Waals surface area contributed by atoms with Gasteiger partial charge in [-0.2, -0.15) is 9.36 Å². The van der Waals surface area contributed by atoms with Crippen molar-refractivity contribution < 1.29 is 10.6 Å². The van der Waals surface area contributed by atoms with Gasteiger partial charge >= 0.3 is 5.69 Å². The number of tetrazole rings is 1. The Morgan fingerprint density at radius 1 is 1.52 bits per heavy atom. The predicted molar refractivity (Wildman–Crippen MR) is 71.2 cm³/mol. The summed E-state index contributed by atoms with van der Waals surface area (Å²) in [4.78, 5) is 12.0. The van der Waals surface area contributed by atoms with E-state index in [-0.39, 0.29) is 12.3 Å². The molecule has 0 radical (unpaired) electrons. The van der Waals surface area contributed by atoms with Gasteiger partial charge in [0.1, 0.15) is 24.3 Å². The Kier molecular flexibility index (Phi) is 3.00. The van der Waals surface area contributed by atoms with Crippen molar-refractivity contribution in [2.24, 2.45) is 7.05 Å². The molecule has 0 unspecified atom stereocenters. The molecule has 1 N–H and O–H groups in total. The highest BCUT2D eigenvalue weighted by Gasteiger charge is 2.18. The fourth-order valence-corrected chi connectivity index (χ4v) is 1.95. The van der Waals surface area contributed by atoms with Gasteiger partial charge in [0.25, 0.3) is 0 Å². The van der Waals surface area contributed by atoms with Crippen LogP contribution in [0.3, 0.4) is 0 Å². The van der Waals surface area contributed by atoms with Crippen LogP contribution in [0.5, 0.6) is 5.88 Å². The molecule has 0 saturated heterocycles. The van der Waals surface area contributed by atoms with Crippen molar-refractivity contribution >= 4 is 0 Å². The summed E-state index contributed by atoms with van der Waals surface area (Å²) in [7, 11) is 1.52. The van der Waals surface area contributed by atoms with E-state index in [1.165, 1.54) is 19.5 Å². The van der Waals surface area contributed by atoms with E-state index in [4.69, 9.17) is 10.6 Å². The zero-order chi connectivity index (χ0) is 15.7. The van der Waals surface area contributed by atoms with E-state index >= 15 is 0 Å². The second-order valence-corrected chi connectivity index (χ2v) is 4.33. The fourth-order valence-electron chi connectivity index (χ4n) is 1.95. The quantitative estimate of drug-likeness (QED) is 0.731. The molecule has 0 atom stereocenters. The Balaban J connectivity index is 1.93. The predicted octanol–water partition coefficient (Wildman–Crippen LogP) is 0.423. The lowest BCUT2D eigenvalue weighted by Crippen LogP contribution is -2.22. The summed E-state index contributed by atoms with van der Waals surface area (Å²) in [5.74, 6) is 1.01. The van der Waals surface area contributed by atoms with E-state index in [2.05, 4.69) is 15.5 Å². The van der Waals surface area contributed by atoms with E-state index in [1.54, 1.807) is 6.07 Å². The number of nitrogens with zero attached hydrogens (tertiary/aromatic N) is 5. The average Bonchev–Trinajstić information content (AvgIpc) is 3.18. The second-order valence-electron chi connectivity index (χ2n) is 4.33. The molecule has 0 bridgehead atoms. The van der Waals surface area contributed by atoms with Crippen LogP contribution in [0.2, 0.25) is 1.41 Å². The molecule has 3 aromatic rings. The van der Waals surface area contributed by atoms with Crippen molar-refractivity contribution in [1.82, 2.24) is 30.0 Å². The number of ether oxygens (including phenoxy) is 1. The number of hydrogen-bond acceptors (Lipinski definition) is 6. The van der Waals surface area contributed by atoms with Crippen molar-refractivity contribution in [3.63, 3.8) is 0 Å². The molecule has 0 aliphatic heterocycles. The highest BCUT2D eigenvalue weighted by Crippen LogP contribution is 2.22. The number of aromatic nitrogens is 6. The third-order valence-corrected chi connectivity index (χ3v) is 3.03. The Bertz CT molecular complexity index is 845. The van der Waals surface area contributed by atoms with Crippen LogP contribution in [-0.4, -0.2) is 30.0 Å². The molecule has 9 heteroatoms. The highest BCUT2D eigenvalue weighted by atomic mass is 16.5. The maximum atomic E-state index is 12.0. The number of furan rings is 1. The summed E-state index contributed by atoms with van der Waals surface area (Å²) in [5.41, 5.74) is 0.810. The molecule has 110 valence electrons. The van der Waals surface area contributed by atoms with Gasteiger partial charge in [-0.15, -0.1) is 5.10 Å². The summed E-state index contributed by atoms with van der Waals surface area (Å²) in [6, 6.07) is 1.58. The molecule has 0 aliphatic carbocycles. The van der Waals surface area contributed by atoms with E-state index in [0.29, 0.717) is 29.3 Å². The summed E-state index contributed by atoms with van der Waals surface area (Å²) in [5, 5.41) is 12.2. The first-order valence-electron chi connectivity index (χ1n) is 6.81. The van der Waals surface area contributed by atoms with Crippen LogP contribution in [0.25, 0.3) is 5.69 Å². The van der Waals surface area contributed by atoms with Crippen molar-refractivity contribution in [1.29, 1.82) is 0 Å². The molecule has 0 amide bonds. The molecule has 9 nitrogen and oxygen atoms in total. The minimum absolute atomic E-state index is 0.148. The van der Waals surface area contributed by atoms with Gasteiger partial charge in [-0.1, -0.05) is 6.92 Å². The van der Waals surface area contributed by atoms with Gasteiger partial charge in [-0.05, 0) is 10.4 Å². The number of rotatable bonds is 5. The lowest BCUT2D eigenvalue weighted by atomic mass is 10.2. The fraction of sp³-hybridized carbons (Fsp3) is 0.333. The maximum Gasteiger partial charge on any atom is 0.368 e. The van der Waals surface area contributed by atoms with Crippen LogP contribution < -0.4 is 10.4 Å². The van der Waals surface area contributed by atoms with Gasteiger partial charge in [0, 0.05) is 25.7 Å². The van der Waals surface area contributed by atoms with Gasteiger partial charge < -0.3 is 9.15 Å². The standard InChI is InChI=1S/C12H14N6O3/c1-3-10-8(6-21-11-4-5-13-14-11)9(7-20-10)18-12(19)17(2)15-16-18/h4-5,7H,3,6H2,1-2H3,(H,13,14)/i/hT. The first kappa shape index (κ1) is 11.9. The summed E-state index contributed by atoms with van der Waals surface area (Å²) < 4.78 is 20.6. The molecule has 0 fully saturated rings. The van der Waals surface area contributed by atoms with Crippen LogP contribution >= 0.6 is 0 Å². The van der Waals surface area contributed by atoms with Crippen molar-refractivity contribution in [3.8, 4) is 11.6 Å². The van der Waals surface area contributed by atoms with Crippen molar-refractivity contribution in [2.75, 3.05) is 0 Å². The lowest BCUT2D eigenvalue weighted by Gasteiger charge is -2.04. The number of aromatic amines is 1. The SMILES string of the molecule is [3H]n1ccc(OCc2c(-n3nnn(C)c3=O)coc2CC)n1. The monoisotopic (exact) mass is 292 g/mol. The number of aryl methyl sites for hydroxylation is 2. The van der Waals surface area contributed by atoms with Crippen LogP contribution in [0.1, 0.15) is 18.2 Å². The summed E-state index contributed by atoms with van der Waals surface area (Å²) >= 11 is 0. The third-order valence-electron chi connectivity index (χ3n) is 3.03. The zero-order valence-electron chi connectivity index (χ0n) is 12.6. The molecule has 21 heavy (non-hydrogen) atoms. The average molecular weight is 292 g/mol. The summed E-state index contributed by atoms with van der Waals surface area (Å²) in [6.07, 6.45) is 3.55. The Hall–Kier alpha value is -2.84. The molecule has 0 saturated carbocycles. The van der Waals surface area contributed by atoms with E-state index in [1.807, 2.05) is 6.92 Å². The lowest BCUT2D eigenvalue weighted by molar-refractivity contribution is 0.289. The van der Waals surface area contributed by atoms with Gasteiger partial charge in [0.05, 0.1) is 5.56 Å². The van der Waals surface area contributed by atoms with E-state index in [9.17, 15) is 4.79 Å². The first-order chi connectivity index (χ1) is 10.6. The van der Waals surface area contributed by atoms with Crippen molar-refractivity contribution in [3.05, 3.63) is 40.3 Å². The van der Waals surface area contributed by atoms with E-state index in [0.717, 1.165) is 14.5 Å². The topological polar surface area (TPSA) is 104 Å². The third kappa shape index (κ3) is 2.33. The largest absolute Gasteiger partial charge is 0.472 e. The van der Waals surface area contributed by atoms with Crippen LogP contribution in [0.4, 0.5) is 0 Å². The van der Waals surface area contributed by atoms with Crippen LogP contribution in [0.15, 0.2) is 27.7 Å². The number of nitrogens with one attached hydrogen (secondary N) is 1. The molecule has 3 aromatic heterocycles. The second kappa shape index (κ2) is 5.27. The number of H-pyrrole nitrogens is 1. The van der Waals surface area contributed by atoms with Gasteiger partial charge in [-0.3, -0.25) is 5.09 Å². The Morgan fingerprint density at radius 2 is 2.38 bits per heavy atom. The minimum atomic E-state index is -0.375. The van der Waals surface area contributed by atoms with Crippen LogP contribution in [-0.2, 0) is 20.1 Å². The first-order valence-corrected chi connectivity index (χ1v) is 6.36. The van der Waals surface area contributed by atoms with Gasteiger partial charge in [0.15, 0.2) is 1.41 Å². The minimum Gasteiger partial charge on any atom is -0.472 e. The van der Waals surface area contributed by atoms with E-state index < -0.39 is 0 Å². The molecular weight excluding hydrogens is 276 g/mol. The number of hydrogen-bond donors (Lipinski definition) is 1. The molecule has 3 heterocycles. The smallest absolute Gasteiger partial charge is 0.368 e. The zero-order valence-corrected chi connectivity index (χ0v) is 11.6. The molecular formula is C12H14N6O3.